The quantitative estimate of drug-likeness (QED) is 0.749. The van der Waals surface area contributed by atoms with Gasteiger partial charge in [0.15, 0.2) is 0 Å². The van der Waals surface area contributed by atoms with Gasteiger partial charge in [0.1, 0.15) is 0 Å². The van der Waals surface area contributed by atoms with E-state index < -0.39 is 0 Å². The zero-order chi connectivity index (χ0) is 9.31. The van der Waals surface area contributed by atoms with E-state index >= 15 is 0 Å². The van der Waals surface area contributed by atoms with Crippen LogP contribution in [0.4, 0.5) is 0 Å². The highest BCUT2D eigenvalue weighted by Gasteiger charge is 2.52. The molecule has 13 heavy (non-hydrogen) atoms. The lowest BCUT2D eigenvalue weighted by Gasteiger charge is -2.14. The zero-order valence-corrected chi connectivity index (χ0v) is 8.16. The van der Waals surface area contributed by atoms with Crippen LogP contribution in [0.5, 0.6) is 0 Å². The van der Waals surface area contributed by atoms with E-state index in [2.05, 4.69) is 37.3 Å². The molecular weight excluding hydrogens is 158 g/mol. The highest BCUT2D eigenvalue weighted by molar-refractivity contribution is 5.33. The van der Waals surface area contributed by atoms with Crippen LogP contribution in [0, 0.1) is 5.92 Å². The van der Waals surface area contributed by atoms with Crippen LogP contribution in [0.2, 0.25) is 0 Å². The largest absolute Gasteiger partial charge is 0.330 e. The van der Waals surface area contributed by atoms with Crippen LogP contribution in [0.1, 0.15) is 25.3 Å². The van der Waals surface area contributed by atoms with E-state index in [0.29, 0.717) is 5.41 Å². The first-order valence-electron chi connectivity index (χ1n) is 5.09. The molecule has 0 bridgehead atoms. The fraction of sp³-hybridized carbons (Fsp3) is 0.500. The van der Waals surface area contributed by atoms with E-state index in [4.69, 9.17) is 5.73 Å². The monoisotopic (exact) mass is 175 g/mol. The van der Waals surface area contributed by atoms with E-state index in [-0.39, 0.29) is 0 Å². The van der Waals surface area contributed by atoms with Gasteiger partial charge in [-0.25, -0.2) is 0 Å². The molecule has 1 aliphatic rings. The summed E-state index contributed by atoms with van der Waals surface area (Å²) in [6.45, 7) is 3.10. The topological polar surface area (TPSA) is 26.0 Å². The summed E-state index contributed by atoms with van der Waals surface area (Å²) in [5.41, 5.74) is 7.63. The average Bonchev–Trinajstić information content (AvgIpc) is 2.94. The van der Waals surface area contributed by atoms with E-state index in [1.165, 1.54) is 18.4 Å². The first-order valence-corrected chi connectivity index (χ1v) is 5.09. The molecule has 1 aliphatic carbocycles. The number of hydrogen-bond donors (Lipinski definition) is 1. The minimum absolute atomic E-state index is 0.427. The van der Waals surface area contributed by atoms with E-state index in [9.17, 15) is 0 Å². The van der Waals surface area contributed by atoms with Crippen LogP contribution in [-0.4, -0.2) is 6.54 Å². The third-order valence-corrected chi connectivity index (χ3v) is 3.50. The molecule has 1 aromatic carbocycles. The standard InChI is InChI=1S/C12H17N/c1-2-12(8-11(12)9-13)10-6-4-3-5-7-10/h3-7,11H,2,8-9,13H2,1H3. The summed E-state index contributed by atoms with van der Waals surface area (Å²) in [5, 5.41) is 0. The van der Waals surface area contributed by atoms with Crippen LogP contribution in [-0.2, 0) is 5.41 Å². The second-order valence-corrected chi connectivity index (χ2v) is 4.01. The van der Waals surface area contributed by atoms with Crippen LogP contribution in [0.25, 0.3) is 0 Å². The molecule has 1 nitrogen and oxygen atoms in total. The summed E-state index contributed by atoms with van der Waals surface area (Å²) in [4.78, 5) is 0. The summed E-state index contributed by atoms with van der Waals surface area (Å²) < 4.78 is 0. The molecule has 1 aromatic rings. The number of nitrogens with two attached hydrogens (primary N) is 1. The first-order chi connectivity index (χ1) is 6.33. The number of rotatable bonds is 3. The lowest BCUT2D eigenvalue weighted by molar-refractivity contribution is 0.587. The Bertz CT molecular complexity index is 280. The Balaban J connectivity index is 2.25. The SMILES string of the molecule is CCC1(c2ccccc2)CC1CN. The van der Waals surface area contributed by atoms with Crippen molar-refractivity contribution >= 4 is 0 Å². The van der Waals surface area contributed by atoms with Crippen LogP contribution >= 0.6 is 0 Å². The normalized spacial score (nSPS) is 31.7. The van der Waals surface area contributed by atoms with Gasteiger partial charge in [0.05, 0.1) is 0 Å². The highest BCUT2D eigenvalue weighted by atomic mass is 14.7. The van der Waals surface area contributed by atoms with Crippen molar-refractivity contribution in [1.29, 1.82) is 0 Å². The summed E-state index contributed by atoms with van der Waals surface area (Å²) in [5.74, 6) is 0.722. The van der Waals surface area contributed by atoms with Gasteiger partial charge in [0.25, 0.3) is 0 Å². The van der Waals surface area contributed by atoms with Crippen LogP contribution in [0.15, 0.2) is 30.3 Å². The molecule has 0 radical (unpaired) electrons. The summed E-state index contributed by atoms with van der Waals surface area (Å²) in [6.07, 6.45) is 2.50. The maximum atomic E-state index is 5.72. The van der Waals surface area contributed by atoms with Crippen molar-refractivity contribution in [3.63, 3.8) is 0 Å². The van der Waals surface area contributed by atoms with Crippen LogP contribution in [0.3, 0.4) is 0 Å². The second kappa shape index (κ2) is 3.15. The predicted octanol–water partition coefficient (Wildman–Crippen LogP) is 2.31. The molecule has 70 valence electrons. The van der Waals surface area contributed by atoms with Crippen LogP contribution < -0.4 is 5.73 Å². The molecule has 2 atom stereocenters. The molecule has 0 aromatic heterocycles. The van der Waals surface area contributed by atoms with E-state index in [1.54, 1.807) is 0 Å². The fourth-order valence-corrected chi connectivity index (χ4v) is 2.45. The Morgan fingerprint density at radius 2 is 2.08 bits per heavy atom. The lowest BCUT2D eigenvalue weighted by atomic mass is 9.90. The van der Waals surface area contributed by atoms with Gasteiger partial charge in [-0.2, -0.15) is 0 Å². The molecule has 1 heteroatoms. The number of hydrogen-bond acceptors (Lipinski definition) is 1. The zero-order valence-electron chi connectivity index (χ0n) is 8.16. The molecule has 0 amide bonds. The molecular formula is C12H17N. The Labute approximate surface area is 80.0 Å². The fourth-order valence-electron chi connectivity index (χ4n) is 2.45. The van der Waals surface area contributed by atoms with Gasteiger partial charge in [-0.15, -0.1) is 0 Å². The van der Waals surface area contributed by atoms with Gasteiger partial charge < -0.3 is 5.73 Å². The Hall–Kier alpha value is -0.820. The Kier molecular flexibility index (Phi) is 2.12. The third-order valence-electron chi connectivity index (χ3n) is 3.50. The van der Waals surface area contributed by atoms with E-state index in [1.807, 2.05) is 0 Å². The van der Waals surface area contributed by atoms with E-state index in [0.717, 1.165) is 12.5 Å². The molecule has 0 aliphatic heterocycles. The van der Waals surface area contributed by atoms with Crippen molar-refractivity contribution in [2.24, 2.45) is 11.7 Å². The van der Waals surface area contributed by atoms with Crippen molar-refractivity contribution in [3.8, 4) is 0 Å². The molecule has 1 saturated carbocycles. The minimum Gasteiger partial charge on any atom is -0.330 e. The highest BCUT2D eigenvalue weighted by Crippen LogP contribution is 2.55. The van der Waals surface area contributed by atoms with Crippen molar-refractivity contribution in [2.45, 2.75) is 25.2 Å². The maximum absolute atomic E-state index is 5.72. The lowest BCUT2D eigenvalue weighted by Crippen LogP contribution is -2.14. The van der Waals surface area contributed by atoms with Gasteiger partial charge in [-0.1, -0.05) is 37.3 Å². The molecule has 2 N–H and O–H groups in total. The third kappa shape index (κ3) is 1.28. The molecule has 2 rings (SSSR count). The van der Waals surface area contributed by atoms with Gasteiger partial charge in [0.2, 0.25) is 0 Å². The predicted molar refractivity (Wildman–Crippen MR) is 55.6 cm³/mol. The Morgan fingerprint density at radius 3 is 2.54 bits per heavy atom. The summed E-state index contributed by atoms with van der Waals surface area (Å²) in [6, 6.07) is 10.8. The van der Waals surface area contributed by atoms with Gasteiger partial charge in [0, 0.05) is 0 Å². The first kappa shape index (κ1) is 8.76. The molecule has 2 unspecified atom stereocenters. The Morgan fingerprint density at radius 1 is 1.38 bits per heavy atom. The maximum Gasteiger partial charge on any atom is -0.000562 e. The summed E-state index contributed by atoms with van der Waals surface area (Å²) in [7, 11) is 0. The molecule has 1 fully saturated rings. The smallest absolute Gasteiger partial charge is 0.000562 e. The average molecular weight is 175 g/mol. The molecule has 0 spiro atoms. The minimum atomic E-state index is 0.427. The van der Waals surface area contributed by atoms with Crippen molar-refractivity contribution in [3.05, 3.63) is 35.9 Å². The van der Waals surface area contributed by atoms with Crippen molar-refractivity contribution in [1.82, 2.24) is 0 Å². The number of benzene rings is 1. The van der Waals surface area contributed by atoms with Gasteiger partial charge >= 0.3 is 0 Å². The van der Waals surface area contributed by atoms with Gasteiger partial charge in [-0.3, -0.25) is 0 Å². The van der Waals surface area contributed by atoms with Gasteiger partial charge in [-0.05, 0) is 36.3 Å². The summed E-state index contributed by atoms with van der Waals surface area (Å²) >= 11 is 0. The molecule has 0 saturated heterocycles. The van der Waals surface area contributed by atoms with Crippen molar-refractivity contribution < 1.29 is 0 Å². The molecule has 0 heterocycles. The van der Waals surface area contributed by atoms with Crippen molar-refractivity contribution in [2.75, 3.05) is 6.54 Å². The second-order valence-electron chi connectivity index (χ2n) is 4.01.